The number of hydrogen-bond donors (Lipinski definition) is 1. The predicted molar refractivity (Wildman–Crippen MR) is 78.0 cm³/mol. The number of anilines is 1. The van der Waals surface area contributed by atoms with E-state index in [0.29, 0.717) is 0 Å². The molecule has 1 heterocycles. The first-order chi connectivity index (χ1) is 8.61. The van der Waals surface area contributed by atoms with Crippen LogP contribution in [0.1, 0.15) is 18.3 Å². The van der Waals surface area contributed by atoms with Gasteiger partial charge in [-0.2, -0.15) is 5.10 Å². The number of nitrogens with two attached hydrogens (primary N) is 1. The number of halogens is 1. The van der Waals surface area contributed by atoms with Crippen LogP contribution in [-0.4, -0.2) is 9.78 Å². The van der Waals surface area contributed by atoms with E-state index in [0.717, 1.165) is 34.3 Å². The number of nitrogen functional groups attached to an aromatic ring is 1. The fourth-order valence-electron chi connectivity index (χ4n) is 1.69. The average Bonchev–Trinajstić information content (AvgIpc) is 2.64. The van der Waals surface area contributed by atoms with Gasteiger partial charge in [0.25, 0.3) is 0 Å². The van der Waals surface area contributed by atoms with Gasteiger partial charge in [0.15, 0.2) is 0 Å². The van der Waals surface area contributed by atoms with Crippen molar-refractivity contribution in [3.63, 3.8) is 0 Å². The Morgan fingerprint density at radius 3 is 2.56 bits per heavy atom. The molecule has 5 heteroatoms. The van der Waals surface area contributed by atoms with Crippen molar-refractivity contribution in [2.75, 3.05) is 5.73 Å². The van der Waals surface area contributed by atoms with Gasteiger partial charge in [-0.05, 0) is 30.7 Å². The summed E-state index contributed by atoms with van der Waals surface area (Å²) in [4.78, 5) is 1.18. The second kappa shape index (κ2) is 5.67. The molecule has 0 radical (unpaired) electrons. The Labute approximate surface area is 116 Å². The number of benzene rings is 1. The van der Waals surface area contributed by atoms with Crippen LogP contribution < -0.4 is 5.73 Å². The van der Waals surface area contributed by atoms with E-state index in [2.05, 4.69) is 12.0 Å². The van der Waals surface area contributed by atoms with Crippen molar-refractivity contribution < 1.29 is 0 Å². The summed E-state index contributed by atoms with van der Waals surface area (Å²) >= 11 is 8.04. The van der Waals surface area contributed by atoms with E-state index in [1.807, 2.05) is 36.0 Å². The zero-order chi connectivity index (χ0) is 13.1. The summed E-state index contributed by atoms with van der Waals surface area (Å²) < 4.78 is 1.87. The first-order valence-electron chi connectivity index (χ1n) is 5.80. The van der Waals surface area contributed by atoms with E-state index in [1.165, 1.54) is 4.90 Å². The van der Waals surface area contributed by atoms with Crippen LogP contribution in [0.5, 0.6) is 0 Å². The van der Waals surface area contributed by atoms with Crippen LogP contribution >= 0.6 is 23.4 Å². The molecule has 2 rings (SSSR count). The zero-order valence-corrected chi connectivity index (χ0v) is 12.1. The molecular weight excluding hydrogens is 266 g/mol. The van der Waals surface area contributed by atoms with E-state index in [-0.39, 0.29) is 0 Å². The summed E-state index contributed by atoms with van der Waals surface area (Å²) in [6.45, 7) is 2.06. The number of aryl methyl sites for hydroxylation is 2. The average molecular weight is 282 g/mol. The van der Waals surface area contributed by atoms with Gasteiger partial charge in [0.05, 0.1) is 16.4 Å². The van der Waals surface area contributed by atoms with E-state index in [9.17, 15) is 0 Å². The third-order valence-electron chi connectivity index (χ3n) is 2.76. The number of nitrogens with zero attached hydrogens (tertiary/aromatic N) is 2. The highest BCUT2D eigenvalue weighted by atomic mass is 35.5. The Morgan fingerprint density at radius 2 is 2.00 bits per heavy atom. The van der Waals surface area contributed by atoms with E-state index in [4.69, 9.17) is 17.3 Å². The molecule has 18 heavy (non-hydrogen) atoms. The van der Waals surface area contributed by atoms with Crippen LogP contribution in [0.15, 0.2) is 29.2 Å². The number of thioether (sulfide) groups is 1. The van der Waals surface area contributed by atoms with Crippen LogP contribution in [0, 0.1) is 0 Å². The van der Waals surface area contributed by atoms with Crippen molar-refractivity contribution in [1.29, 1.82) is 0 Å². The Bertz CT molecular complexity index is 534. The Kier molecular flexibility index (Phi) is 4.19. The second-order valence-corrected chi connectivity index (χ2v) is 5.47. The van der Waals surface area contributed by atoms with E-state index >= 15 is 0 Å². The highest BCUT2D eigenvalue weighted by molar-refractivity contribution is 7.98. The lowest BCUT2D eigenvalue weighted by Crippen LogP contribution is -1.96. The summed E-state index contributed by atoms with van der Waals surface area (Å²) in [6.07, 6.45) is 0.860. The van der Waals surface area contributed by atoms with Crippen molar-refractivity contribution >= 4 is 29.1 Å². The van der Waals surface area contributed by atoms with Gasteiger partial charge in [0.1, 0.15) is 0 Å². The summed E-state index contributed by atoms with van der Waals surface area (Å²) in [7, 11) is 1.93. The van der Waals surface area contributed by atoms with Crippen molar-refractivity contribution in [3.05, 3.63) is 40.7 Å². The van der Waals surface area contributed by atoms with Crippen LogP contribution in [0.4, 0.5) is 5.69 Å². The standard InChI is InChI=1S/C13H16ClN3S/c1-3-11-13(14)12(17(2)16-11)8-18-10-6-4-9(15)5-7-10/h4-7H,3,8,15H2,1-2H3. The summed E-state index contributed by atoms with van der Waals surface area (Å²) in [5.41, 5.74) is 8.47. The van der Waals surface area contributed by atoms with Gasteiger partial charge in [-0.1, -0.05) is 18.5 Å². The fourth-order valence-corrected chi connectivity index (χ4v) is 3.10. The third-order valence-corrected chi connectivity index (χ3v) is 4.22. The number of aromatic nitrogens is 2. The maximum absolute atomic E-state index is 6.30. The fraction of sp³-hybridized carbons (Fsp3) is 0.308. The SMILES string of the molecule is CCc1nn(C)c(CSc2ccc(N)cc2)c1Cl. The molecule has 0 atom stereocenters. The van der Waals surface area contributed by atoms with Crippen molar-refractivity contribution in [2.24, 2.45) is 7.05 Å². The van der Waals surface area contributed by atoms with Crippen LogP contribution in [-0.2, 0) is 19.2 Å². The lowest BCUT2D eigenvalue weighted by Gasteiger charge is -2.03. The molecule has 0 spiro atoms. The van der Waals surface area contributed by atoms with Crippen LogP contribution in [0.2, 0.25) is 5.02 Å². The first-order valence-corrected chi connectivity index (χ1v) is 7.16. The number of rotatable bonds is 4. The summed E-state index contributed by atoms with van der Waals surface area (Å²) in [5, 5.41) is 5.20. The molecule has 0 saturated heterocycles. The van der Waals surface area contributed by atoms with Gasteiger partial charge in [0.2, 0.25) is 0 Å². The van der Waals surface area contributed by atoms with E-state index < -0.39 is 0 Å². The quantitative estimate of drug-likeness (QED) is 0.689. The van der Waals surface area contributed by atoms with Crippen LogP contribution in [0.3, 0.4) is 0 Å². The molecule has 2 aromatic rings. The second-order valence-electron chi connectivity index (χ2n) is 4.04. The van der Waals surface area contributed by atoms with Gasteiger partial charge in [0, 0.05) is 23.4 Å². The smallest absolute Gasteiger partial charge is 0.0858 e. The lowest BCUT2D eigenvalue weighted by molar-refractivity contribution is 0.720. The highest BCUT2D eigenvalue weighted by Crippen LogP contribution is 2.29. The normalized spacial score (nSPS) is 10.8. The Balaban J connectivity index is 2.10. The number of hydrogen-bond acceptors (Lipinski definition) is 3. The maximum Gasteiger partial charge on any atom is 0.0858 e. The molecule has 3 nitrogen and oxygen atoms in total. The minimum absolute atomic E-state index is 0.784. The molecule has 2 N–H and O–H groups in total. The van der Waals surface area contributed by atoms with Gasteiger partial charge in [-0.25, -0.2) is 0 Å². The zero-order valence-electron chi connectivity index (χ0n) is 10.5. The Hall–Kier alpha value is -1.13. The molecule has 0 aliphatic rings. The largest absolute Gasteiger partial charge is 0.399 e. The van der Waals surface area contributed by atoms with Crippen molar-refractivity contribution in [1.82, 2.24) is 9.78 Å². The van der Waals surface area contributed by atoms with Gasteiger partial charge < -0.3 is 5.73 Å². The molecular formula is C13H16ClN3S. The molecule has 0 amide bonds. The molecule has 0 aliphatic heterocycles. The lowest BCUT2D eigenvalue weighted by atomic mass is 10.3. The van der Waals surface area contributed by atoms with Crippen molar-refractivity contribution in [2.45, 2.75) is 24.0 Å². The minimum Gasteiger partial charge on any atom is -0.399 e. The molecule has 0 fully saturated rings. The molecule has 96 valence electrons. The molecule has 1 aromatic heterocycles. The van der Waals surface area contributed by atoms with Gasteiger partial charge in [-0.15, -0.1) is 11.8 Å². The van der Waals surface area contributed by atoms with E-state index in [1.54, 1.807) is 11.8 Å². The molecule has 0 unspecified atom stereocenters. The monoisotopic (exact) mass is 281 g/mol. The topological polar surface area (TPSA) is 43.8 Å². The minimum atomic E-state index is 0.784. The van der Waals surface area contributed by atoms with Gasteiger partial charge in [-0.3, -0.25) is 4.68 Å². The first kappa shape index (κ1) is 13.3. The Morgan fingerprint density at radius 1 is 1.33 bits per heavy atom. The van der Waals surface area contributed by atoms with Gasteiger partial charge >= 0.3 is 0 Å². The molecule has 1 aromatic carbocycles. The predicted octanol–water partition coefficient (Wildman–Crippen LogP) is 3.51. The molecule has 0 bridgehead atoms. The maximum atomic E-state index is 6.30. The molecule has 0 aliphatic carbocycles. The van der Waals surface area contributed by atoms with Crippen LogP contribution in [0.25, 0.3) is 0 Å². The highest BCUT2D eigenvalue weighted by Gasteiger charge is 2.12. The molecule has 0 saturated carbocycles. The van der Waals surface area contributed by atoms with Crippen molar-refractivity contribution in [3.8, 4) is 0 Å². The summed E-state index contributed by atoms with van der Waals surface area (Å²) in [5.74, 6) is 0.812. The summed E-state index contributed by atoms with van der Waals surface area (Å²) in [6, 6.07) is 7.85. The third kappa shape index (κ3) is 2.82.